The second kappa shape index (κ2) is 5.71. The van der Waals surface area contributed by atoms with E-state index in [0.29, 0.717) is 26.1 Å². The van der Waals surface area contributed by atoms with Crippen molar-refractivity contribution >= 4 is 16.3 Å². The number of hydrogen-bond donors (Lipinski definition) is 1. The Kier molecular flexibility index (Phi) is 4.48. The molecule has 0 aromatic rings. The molecule has 1 N–H and O–H groups in total. The average Bonchev–Trinajstić information content (AvgIpc) is 2.74. The highest BCUT2D eigenvalue weighted by atomic mass is 32.2. The molecule has 0 atom stereocenters. The third kappa shape index (κ3) is 4.29. The molecule has 2 heterocycles. The van der Waals surface area contributed by atoms with E-state index in [2.05, 4.69) is 0 Å². The van der Waals surface area contributed by atoms with Gasteiger partial charge >= 0.3 is 16.3 Å². The minimum atomic E-state index is -3.90. The molecule has 2 aliphatic heterocycles. The van der Waals surface area contributed by atoms with Gasteiger partial charge in [0.05, 0.1) is 13.2 Å². The van der Waals surface area contributed by atoms with Gasteiger partial charge in [0.2, 0.25) is 0 Å². The van der Waals surface area contributed by atoms with Crippen molar-refractivity contribution in [2.75, 3.05) is 26.3 Å². The maximum absolute atomic E-state index is 12.1. The van der Waals surface area contributed by atoms with Crippen LogP contribution in [0.1, 0.15) is 33.6 Å². The number of amides is 1. The van der Waals surface area contributed by atoms with E-state index in [-0.39, 0.29) is 13.1 Å². The Labute approximate surface area is 124 Å². The molecule has 0 aromatic heterocycles. The molecule has 0 aromatic carbocycles. The molecule has 1 amide bonds. The van der Waals surface area contributed by atoms with Gasteiger partial charge in [-0.15, -0.1) is 0 Å². The van der Waals surface area contributed by atoms with E-state index in [1.807, 2.05) is 4.72 Å². The molecule has 9 heteroatoms. The lowest BCUT2D eigenvalue weighted by molar-refractivity contribution is -0.179. The van der Waals surface area contributed by atoms with Gasteiger partial charge in [0.15, 0.2) is 5.79 Å². The summed E-state index contributed by atoms with van der Waals surface area (Å²) >= 11 is 0. The van der Waals surface area contributed by atoms with Crippen LogP contribution < -0.4 is 4.72 Å². The van der Waals surface area contributed by atoms with Crippen molar-refractivity contribution in [3.05, 3.63) is 0 Å². The lowest BCUT2D eigenvalue weighted by atomic mass is 10.1. The van der Waals surface area contributed by atoms with Gasteiger partial charge in [-0.1, -0.05) is 0 Å². The Morgan fingerprint density at radius 1 is 1.19 bits per heavy atom. The van der Waals surface area contributed by atoms with Crippen molar-refractivity contribution in [3.8, 4) is 0 Å². The van der Waals surface area contributed by atoms with Gasteiger partial charge in [-0.25, -0.2) is 9.52 Å². The van der Waals surface area contributed by atoms with Crippen molar-refractivity contribution in [2.45, 2.75) is 45.0 Å². The summed E-state index contributed by atoms with van der Waals surface area (Å²) in [4.78, 5) is 11.6. The van der Waals surface area contributed by atoms with Crippen LogP contribution in [0.5, 0.6) is 0 Å². The van der Waals surface area contributed by atoms with Gasteiger partial charge in [-0.3, -0.25) is 0 Å². The number of piperidine rings is 1. The van der Waals surface area contributed by atoms with Crippen LogP contribution >= 0.6 is 0 Å². The standard InChI is InChI=1S/C12H22N2O6S/c1-11(2,3)20-10(15)13-21(16,17)14-6-4-12(5-7-14)18-8-9-19-12/h4-9H2,1-3H3,(H,13,15). The minimum Gasteiger partial charge on any atom is -0.443 e. The molecule has 2 rings (SSSR count). The topological polar surface area (TPSA) is 94.2 Å². The van der Waals surface area contributed by atoms with Crippen LogP contribution in [0.15, 0.2) is 0 Å². The molecule has 2 saturated heterocycles. The summed E-state index contributed by atoms with van der Waals surface area (Å²) in [5, 5.41) is 0. The Bertz CT molecular complexity index is 482. The quantitative estimate of drug-likeness (QED) is 0.800. The van der Waals surface area contributed by atoms with Crippen LogP contribution in [0.3, 0.4) is 0 Å². The van der Waals surface area contributed by atoms with Gasteiger partial charge in [-0.2, -0.15) is 12.7 Å². The fraction of sp³-hybridized carbons (Fsp3) is 0.917. The summed E-state index contributed by atoms with van der Waals surface area (Å²) in [6.07, 6.45) is -0.0825. The number of hydrogen-bond acceptors (Lipinski definition) is 6. The summed E-state index contributed by atoms with van der Waals surface area (Å²) in [7, 11) is -3.90. The van der Waals surface area contributed by atoms with Crippen molar-refractivity contribution in [2.24, 2.45) is 0 Å². The van der Waals surface area contributed by atoms with E-state index >= 15 is 0 Å². The second-order valence-corrected chi connectivity index (χ2v) is 7.79. The lowest BCUT2D eigenvalue weighted by Crippen LogP contribution is -2.52. The zero-order chi connectivity index (χ0) is 15.7. The Morgan fingerprint density at radius 2 is 1.71 bits per heavy atom. The van der Waals surface area contributed by atoms with Crippen LogP contribution in [0.2, 0.25) is 0 Å². The summed E-state index contributed by atoms with van der Waals surface area (Å²) in [6.45, 7) is 6.53. The molecule has 21 heavy (non-hydrogen) atoms. The largest absolute Gasteiger partial charge is 0.443 e. The zero-order valence-corrected chi connectivity index (χ0v) is 13.4. The molecular formula is C12H22N2O6S. The van der Waals surface area contributed by atoms with Gasteiger partial charge in [-0.05, 0) is 20.8 Å². The summed E-state index contributed by atoms with van der Waals surface area (Å²) in [6, 6.07) is 0. The van der Waals surface area contributed by atoms with E-state index < -0.39 is 27.7 Å². The molecule has 0 saturated carbocycles. The third-order valence-corrected chi connectivity index (χ3v) is 4.72. The van der Waals surface area contributed by atoms with Gasteiger partial charge in [0.25, 0.3) is 0 Å². The third-order valence-electron chi connectivity index (χ3n) is 3.25. The first-order valence-corrected chi connectivity index (χ1v) is 8.35. The first kappa shape index (κ1) is 16.5. The Balaban J connectivity index is 1.90. The number of nitrogens with zero attached hydrogens (tertiary/aromatic N) is 1. The SMILES string of the molecule is CC(C)(C)OC(=O)NS(=O)(=O)N1CCC2(CC1)OCCO2. The second-order valence-electron chi connectivity index (χ2n) is 6.12. The van der Waals surface area contributed by atoms with Crippen molar-refractivity contribution in [3.63, 3.8) is 0 Å². The Morgan fingerprint density at radius 3 is 2.19 bits per heavy atom. The van der Waals surface area contributed by atoms with E-state index in [0.717, 1.165) is 0 Å². The van der Waals surface area contributed by atoms with E-state index in [4.69, 9.17) is 14.2 Å². The summed E-state index contributed by atoms with van der Waals surface area (Å²) < 4.78 is 43.4. The molecule has 1 spiro atoms. The van der Waals surface area contributed by atoms with Crippen molar-refractivity contribution in [1.82, 2.24) is 9.03 Å². The number of carbonyl (C=O) groups is 1. The molecule has 0 unspecified atom stereocenters. The fourth-order valence-electron chi connectivity index (χ4n) is 2.32. The van der Waals surface area contributed by atoms with Crippen molar-refractivity contribution in [1.29, 1.82) is 0 Å². The number of ether oxygens (including phenoxy) is 3. The predicted molar refractivity (Wildman–Crippen MR) is 73.7 cm³/mol. The molecule has 122 valence electrons. The van der Waals surface area contributed by atoms with E-state index in [9.17, 15) is 13.2 Å². The normalized spacial score (nSPS) is 23.2. The monoisotopic (exact) mass is 322 g/mol. The van der Waals surface area contributed by atoms with Gasteiger partial charge < -0.3 is 14.2 Å². The molecule has 0 radical (unpaired) electrons. The zero-order valence-electron chi connectivity index (χ0n) is 12.5. The van der Waals surface area contributed by atoms with Gasteiger partial charge in [0, 0.05) is 25.9 Å². The lowest BCUT2D eigenvalue weighted by Gasteiger charge is -2.36. The minimum absolute atomic E-state index is 0.234. The average molecular weight is 322 g/mol. The summed E-state index contributed by atoms with van der Waals surface area (Å²) in [5.74, 6) is -0.655. The van der Waals surface area contributed by atoms with E-state index in [1.54, 1.807) is 20.8 Å². The highest BCUT2D eigenvalue weighted by molar-refractivity contribution is 7.87. The highest BCUT2D eigenvalue weighted by Crippen LogP contribution is 2.31. The molecule has 2 fully saturated rings. The summed E-state index contributed by atoms with van der Waals surface area (Å²) in [5.41, 5.74) is -0.753. The van der Waals surface area contributed by atoms with Gasteiger partial charge in [0.1, 0.15) is 5.60 Å². The van der Waals surface area contributed by atoms with Crippen LogP contribution in [0, 0.1) is 0 Å². The number of nitrogens with one attached hydrogen (secondary N) is 1. The molecule has 2 aliphatic rings. The van der Waals surface area contributed by atoms with Crippen LogP contribution in [-0.2, 0) is 24.4 Å². The molecule has 0 bridgehead atoms. The maximum atomic E-state index is 12.1. The number of rotatable bonds is 2. The van der Waals surface area contributed by atoms with Crippen LogP contribution in [0.4, 0.5) is 4.79 Å². The predicted octanol–water partition coefficient (Wildman–Crippen LogP) is 0.595. The van der Waals surface area contributed by atoms with Crippen LogP contribution in [0.25, 0.3) is 0 Å². The Hall–Kier alpha value is -0.900. The first-order chi connectivity index (χ1) is 9.62. The maximum Gasteiger partial charge on any atom is 0.422 e. The van der Waals surface area contributed by atoms with E-state index in [1.165, 1.54) is 4.31 Å². The smallest absolute Gasteiger partial charge is 0.422 e. The van der Waals surface area contributed by atoms with Crippen LogP contribution in [-0.4, -0.2) is 56.5 Å². The highest BCUT2D eigenvalue weighted by Gasteiger charge is 2.42. The fourth-order valence-corrected chi connectivity index (χ4v) is 3.37. The molecule has 8 nitrogen and oxygen atoms in total. The molecule has 0 aliphatic carbocycles. The van der Waals surface area contributed by atoms with Crippen molar-refractivity contribution < 1.29 is 27.4 Å². The number of carbonyl (C=O) groups excluding carboxylic acids is 1. The first-order valence-electron chi connectivity index (χ1n) is 6.91. The molecular weight excluding hydrogens is 300 g/mol.